The molecular formula is C29H27N. The van der Waals surface area contributed by atoms with Crippen LogP contribution in [0.4, 0.5) is 5.69 Å². The zero-order valence-corrected chi connectivity index (χ0v) is 17.5. The van der Waals surface area contributed by atoms with Gasteiger partial charge in [0, 0.05) is 24.2 Å². The summed E-state index contributed by atoms with van der Waals surface area (Å²) in [6, 6.07) is 34.7. The van der Waals surface area contributed by atoms with Gasteiger partial charge in [-0.3, -0.25) is 0 Å². The maximum Gasteiger partial charge on any atom is 0.0452 e. The van der Waals surface area contributed by atoms with Crippen LogP contribution in [0.3, 0.4) is 0 Å². The lowest BCUT2D eigenvalue weighted by atomic mass is 10.0. The number of benzene rings is 4. The molecule has 0 spiro atoms. The topological polar surface area (TPSA) is 3.24 Å². The largest absolute Gasteiger partial charge is 0.362 e. The van der Waals surface area contributed by atoms with E-state index in [9.17, 15) is 0 Å². The van der Waals surface area contributed by atoms with Crippen LogP contribution in [0.15, 0.2) is 115 Å². The zero-order chi connectivity index (χ0) is 20.8. The molecule has 0 amide bonds. The monoisotopic (exact) mass is 389 g/mol. The third-order valence-corrected chi connectivity index (χ3v) is 5.37. The van der Waals surface area contributed by atoms with Crippen molar-refractivity contribution in [2.45, 2.75) is 20.0 Å². The number of fused-ring (bicyclic) bond motifs is 1. The van der Waals surface area contributed by atoms with Gasteiger partial charge in [0.05, 0.1) is 0 Å². The fourth-order valence-electron chi connectivity index (χ4n) is 3.79. The highest BCUT2D eigenvalue weighted by Gasteiger charge is 2.12. The maximum atomic E-state index is 3.88. The van der Waals surface area contributed by atoms with Crippen LogP contribution in [-0.2, 0) is 13.1 Å². The molecule has 1 nitrogen and oxygen atoms in total. The van der Waals surface area contributed by atoms with Crippen LogP contribution < -0.4 is 4.90 Å². The minimum atomic E-state index is 0.862. The van der Waals surface area contributed by atoms with Crippen LogP contribution in [-0.4, -0.2) is 0 Å². The molecule has 0 fully saturated rings. The Balaban J connectivity index is 1.80. The summed E-state index contributed by atoms with van der Waals surface area (Å²) in [7, 11) is 0. The van der Waals surface area contributed by atoms with E-state index in [4.69, 9.17) is 0 Å². The van der Waals surface area contributed by atoms with Crippen molar-refractivity contribution < 1.29 is 0 Å². The first-order chi connectivity index (χ1) is 14.7. The fraction of sp³-hybridized carbons (Fsp3) is 0.103. The molecule has 0 saturated heterocycles. The average Bonchev–Trinajstić information content (AvgIpc) is 2.79. The molecule has 0 bridgehead atoms. The number of anilines is 1. The summed E-state index contributed by atoms with van der Waals surface area (Å²) in [4.78, 5) is 2.47. The van der Waals surface area contributed by atoms with E-state index in [1.807, 2.05) is 6.08 Å². The van der Waals surface area contributed by atoms with Gasteiger partial charge in [0.1, 0.15) is 0 Å². The van der Waals surface area contributed by atoms with Crippen LogP contribution in [0, 0.1) is 0 Å². The normalized spacial score (nSPS) is 11.4. The predicted octanol–water partition coefficient (Wildman–Crippen LogP) is 7.64. The Morgan fingerprint density at radius 2 is 1.40 bits per heavy atom. The number of hydrogen-bond acceptors (Lipinski definition) is 1. The maximum absolute atomic E-state index is 3.88. The van der Waals surface area contributed by atoms with E-state index < -0.39 is 0 Å². The lowest BCUT2D eigenvalue weighted by Gasteiger charge is -2.27. The Bertz CT molecular complexity index is 1120. The summed E-state index contributed by atoms with van der Waals surface area (Å²) >= 11 is 0. The molecule has 0 radical (unpaired) electrons. The van der Waals surface area contributed by atoms with Gasteiger partial charge in [-0.15, -0.1) is 0 Å². The van der Waals surface area contributed by atoms with Crippen molar-refractivity contribution >= 4 is 22.5 Å². The van der Waals surface area contributed by atoms with Gasteiger partial charge in [-0.25, -0.2) is 0 Å². The van der Waals surface area contributed by atoms with Gasteiger partial charge in [0.2, 0.25) is 0 Å². The molecule has 0 N–H and O–H groups in total. The Hall–Kier alpha value is -3.58. The van der Waals surface area contributed by atoms with Crippen molar-refractivity contribution in [3.05, 3.63) is 132 Å². The van der Waals surface area contributed by atoms with Gasteiger partial charge in [0.15, 0.2) is 0 Å². The van der Waals surface area contributed by atoms with E-state index in [1.54, 1.807) is 0 Å². The van der Waals surface area contributed by atoms with E-state index in [1.165, 1.54) is 33.2 Å². The van der Waals surface area contributed by atoms with Crippen molar-refractivity contribution in [1.82, 2.24) is 0 Å². The summed E-state index contributed by atoms with van der Waals surface area (Å²) in [5, 5.41) is 2.53. The van der Waals surface area contributed by atoms with Gasteiger partial charge < -0.3 is 4.90 Å². The molecule has 4 rings (SSSR count). The minimum absolute atomic E-state index is 0.862. The highest BCUT2D eigenvalue weighted by Crippen LogP contribution is 2.31. The van der Waals surface area contributed by atoms with E-state index in [-0.39, 0.29) is 0 Å². The third kappa shape index (κ3) is 4.69. The van der Waals surface area contributed by atoms with Crippen molar-refractivity contribution in [1.29, 1.82) is 0 Å². The first-order valence-electron chi connectivity index (χ1n) is 10.4. The molecule has 30 heavy (non-hydrogen) atoms. The predicted molar refractivity (Wildman–Crippen MR) is 131 cm³/mol. The van der Waals surface area contributed by atoms with E-state index in [0.29, 0.717) is 0 Å². The molecule has 0 unspecified atom stereocenters. The molecule has 0 aliphatic heterocycles. The number of rotatable bonds is 7. The summed E-state index contributed by atoms with van der Waals surface area (Å²) in [6.45, 7) is 7.69. The van der Waals surface area contributed by atoms with Crippen molar-refractivity contribution in [2.75, 3.05) is 4.90 Å². The summed E-state index contributed by atoms with van der Waals surface area (Å²) in [6.07, 6.45) is 4.08. The second-order valence-electron chi connectivity index (χ2n) is 7.68. The van der Waals surface area contributed by atoms with Crippen LogP contribution in [0.25, 0.3) is 16.8 Å². The Morgan fingerprint density at radius 1 is 0.767 bits per heavy atom. The molecule has 0 aliphatic carbocycles. The van der Waals surface area contributed by atoms with Gasteiger partial charge in [0.25, 0.3) is 0 Å². The minimum Gasteiger partial charge on any atom is -0.362 e. The SMILES string of the molecule is C=C/C(C)=C/c1ccc2cccc(N(Cc3ccccc3)Cc3ccccc3)c2c1. The molecule has 0 heterocycles. The highest BCUT2D eigenvalue weighted by molar-refractivity contribution is 5.95. The Labute approximate surface area is 179 Å². The lowest BCUT2D eigenvalue weighted by molar-refractivity contribution is 0.804. The van der Waals surface area contributed by atoms with E-state index in [2.05, 4.69) is 122 Å². The second kappa shape index (κ2) is 9.28. The lowest BCUT2D eigenvalue weighted by Crippen LogP contribution is -2.22. The number of nitrogens with zero attached hydrogens (tertiary/aromatic N) is 1. The van der Waals surface area contributed by atoms with E-state index in [0.717, 1.165) is 18.7 Å². The molecule has 0 aliphatic rings. The standard InChI is InChI=1S/C29H27N/c1-3-23(2)19-26-17-18-27-15-10-16-29(28(27)20-26)30(21-24-11-6-4-7-12-24)22-25-13-8-5-9-14-25/h3-20H,1,21-22H2,2H3/b23-19+. The van der Waals surface area contributed by atoms with Gasteiger partial charge in [-0.05, 0) is 41.1 Å². The van der Waals surface area contributed by atoms with Crippen LogP contribution >= 0.6 is 0 Å². The molecule has 0 atom stereocenters. The first kappa shape index (κ1) is 19.7. The second-order valence-corrected chi connectivity index (χ2v) is 7.68. The quantitative estimate of drug-likeness (QED) is 0.294. The van der Waals surface area contributed by atoms with Gasteiger partial charge >= 0.3 is 0 Å². The molecule has 0 aromatic heterocycles. The smallest absolute Gasteiger partial charge is 0.0452 e. The van der Waals surface area contributed by atoms with Crippen molar-refractivity contribution in [3.8, 4) is 0 Å². The summed E-state index contributed by atoms with van der Waals surface area (Å²) < 4.78 is 0. The van der Waals surface area contributed by atoms with Crippen LogP contribution in [0.2, 0.25) is 0 Å². The molecule has 4 aromatic carbocycles. The third-order valence-electron chi connectivity index (χ3n) is 5.37. The van der Waals surface area contributed by atoms with E-state index >= 15 is 0 Å². The Morgan fingerprint density at radius 3 is 2.00 bits per heavy atom. The van der Waals surface area contributed by atoms with Gasteiger partial charge in [-0.1, -0.05) is 109 Å². The number of hydrogen-bond donors (Lipinski definition) is 0. The van der Waals surface area contributed by atoms with Gasteiger partial charge in [-0.2, -0.15) is 0 Å². The van der Waals surface area contributed by atoms with Crippen molar-refractivity contribution in [3.63, 3.8) is 0 Å². The first-order valence-corrected chi connectivity index (χ1v) is 10.4. The van der Waals surface area contributed by atoms with Crippen LogP contribution in [0.1, 0.15) is 23.6 Å². The fourth-order valence-corrected chi connectivity index (χ4v) is 3.79. The summed E-state index contributed by atoms with van der Waals surface area (Å²) in [5.41, 5.74) is 6.24. The highest BCUT2D eigenvalue weighted by atomic mass is 15.1. The number of allylic oxidation sites excluding steroid dienone is 2. The molecule has 0 saturated carbocycles. The molecule has 4 aromatic rings. The molecule has 1 heteroatoms. The molecular weight excluding hydrogens is 362 g/mol. The Kier molecular flexibility index (Phi) is 6.10. The zero-order valence-electron chi connectivity index (χ0n) is 17.5. The average molecular weight is 390 g/mol. The summed E-state index contributed by atoms with van der Waals surface area (Å²) in [5.74, 6) is 0. The van der Waals surface area contributed by atoms with Crippen LogP contribution in [0.5, 0.6) is 0 Å². The van der Waals surface area contributed by atoms with Crippen molar-refractivity contribution in [2.24, 2.45) is 0 Å². The molecule has 148 valence electrons.